The van der Waals surface area contributed by atoms with Crippen molar-refractivity contribution >= 4 is 0 Å². The first-order chi connectivity index (χ1) is 9.70. The predicted octanol–water partition coefficient (Wildman–Crippen LogP) is 2.66. The number of rotatable bonds is 6. The Bertz CT molecular complexity index is 542. The third-order valence-corrected chi connectivity index (χ3v) is 3.10. The van der Waals surface area contributed by atoms with Gasteiger partial charge in [0.05, 0.1) is 13.2 Å². The molecule has 0 amide bonds. The summed E-state index contributed by atoms with van der Waals surface area (Å²) in [7, 11) is 1.63. The van der Waals surface area contributed by atoms with Crippen LogP contribution in [-0.2, 0) is 6.54 Å². The van der Waals surface area contributed by atoms with Gasteiger partial charge in [-0.1, -0.05) is 30.3 Å². The lowest BCUT2D eigenvalue weighted by molar-refractivity contribution is 0.174. The van der Waals surface area contributed by atoms with E-state index in [1.807, 2.05) is 24.3 Å². The first-order valence-corrected chi connectivity index (χ1v) is 6.47. The molecule has 1 atom stereocenters. The fourth-order valence-corrected chi connectivity index (χ4v) is 2.00. The average molecular weight is 275 g/mol. The number of nitrogens with one attached hydrogen (secondary N) is 1. The maximum absolute atomic E-state index is 12.8. The number of para-hydroxylation sites is 1. The summed E-state index contributed by atoms with van der Waals surface area (Å²) in [4.78, 5) is 0. The van der Waals surface area contributed by atoms with E-state index < -0.39 is 6.10 Å². The molecule has 0 aliphatic carbocycles. The SMILES string of the molecule is COc1ccccc1CNC[C@@H](O)c1ccc(F)cc1. The van der Waals surface area contributed by atoms with Gasteiger partial charge in [0.2, 0.25) is 0 Å². The van der Waals surface area contributed by atoms with Crippen LogP contribution in [0.2, 0.25) is 0 Å². The maximum Gasteiger partial charge on any atom is 0.123 e. The van der Waals surface area contributed by atoms with Crippen LogP contribution in [0, 0.1) is 5.82 Å². The summed E-state index contributed by atoms with van der Waals surface area (Å²) in [6.07, 6.45) is -0.662. The van der Waals surface area contributed by atoms with Crippen LogP contribution in [0.15, 0.2) is 48.5 Å². The first kappa shape index (κ1) is 14.5. The van der Waals surface area contributed by atoms with Crippen LogP contribution < -0.4 is 10.1 Å². The summed E-state index contributed by atoms with van der Waals surface area (Å²) in [5.41, 5.74) is 1.72. The zero-order valence-electron chi connectivity index (χ0n) is 11.3. The van der Waals surface area contributed by atoms with Crippen molar-refractivity contribution in [1.82, 2.24) is 5.32 Å². The predicted molar refractivity (Wildman–Crippen MR) is 76.1 cm³/mol. The van der Waals surface area contributed by atoms with Crippen LogP contribution >= 0.6 is 0 Å². The largest absolute Gasteiger partial charge is 0.496 e. The van der Waals surface area contributed by atoms with E-state index >= 15 is 0 Å². The molecule has 0 saturated heterocycles. The Labute approximate surface area is 118 Å². The number of methoxy groups -OCH3 is 1. The Morgan fingerprint density at radius 2 is 1.85 bits per heavy atom. The molecule has 0 aliphatic rings. The highest BCUT2D eigenvalue weighted by molar-refractivity contribution is 5.33. The topological polar surface area (TPSA) is 41.5 Å². The minimum atomic E-state index is -0.662. The normalized spacial score (nSPS) is 12.2. The molecule has 0 radical (unpaired) electrons. The van der Waals surface area contributed by atoms with E-state index in [4.69, 9.17) is 4.74 Å². The molecular formula is C16H18FNO2. The lowest BCUT2D eigenvalue weighted by Gasteiger charge is -2.13. The second kappa shape index (κ2) is 7.03. The summed E-state index contributed by atoms with van der Waals surface area (Å²) in [6.45, 7) is 0.992. The van der Waals surface area contributed by atoms with Gasteiger partial charge in [-0.2, -0.15) is 0 Å². The van der Waals surface area contributed by atoms with Gasteiger partial charge in [-0.15, -0.1) is 0 Å². The highest BCUT2D eigenvalue weighted by Gasteiger charge is 2.08. The smallest absolute Gasteiger partial charge is 0.123 e. The van der Waals surface area contributed by atoms with Gasteiger partial charge in [0, 0.05) is 18.7 Å². The summed E-state index contributed by atoms with van der Waals surface area (Å²) in [5, 5.41) is 13.2. The summed E-state index contributed by atoms with van der Waals surface area (Å²) in [5.74, 6) is 0.513. The van der Waals surface area contributed by atoms with Crippen LogP contribution in [0.4, 0.5) is 4.39 Å². The van der Waals surface area contributed by atoms with E-state index in [1.165, 1.54) is 12.1 Å². The second-order valence-corrected chi connectivity index (χ2v) is 4.51. The van der Waals surface area contributed by atoms with Crippen molar-refractivity contribution in [3.8, 4) is 5.75 Å². The average Bonchev–Trinajstić information content (AvgIpc) is 2.48. The Kier molecular flexibility index (Phi) is 5.09. The Morgan fingerprint density at radius 1 is 1.15 bits per heavy atom. The van der Waals surface area contributed by atoms with Crippen molar-refractivity contribution in [2.75, 3.05) is 13.7 Å². The standard InChI is InChI=1S/C16H18FNO2/c1-20-16-5-3-2-4-13(16)10-18-11-15(19)12-6-8-14(17)9-7-12/h2-9,15,18-19H,10-11H2,1H3/t15-/m1/s1. The molecule has 2 N–H and O–H groups in total. The van der Waals surface area contributed by atoms with E-state index in [1.54, 1.807) is 19.2 Å². The Balaban J connectivity index is 1.87. The molecule has 0 bridgehead atoms. The molecule has 2 aromatic carbocycles. The monoisotopic (exact) mass is 275 g/mol. The number of hydrogen-bond acceptors (Lipinski definition) is 3. The van der Waals surface area contributed by atoms with Crippen molar-refractivity contribution in [3.63, 3.8) is 0 Å². The highest BCUT2D eigenvalue weighted by Crippen LogP contribution is 2.17. The third-order valence-electron chi connectivity index (χ3n) is 3.10. The quantitative estimate of drug-likeness (QED) is 0.851. The van der Waals surface area contributed by atoms with Crippen molar-refractivity contribution in [1.29, 1.82) is 0 Å². The van der Waals surface area contributed by atoms with Crippen LogP contribution in [0.3, 0.4) is 0 Å². The van der Waals surface area contributed by atoms with E-state index in [0.29, 0.717) is 18.7 Å². The minimum absolute atomic E-state index is 0.303. The zero-order valence-corrected chi connectivity index (χ0v) is 11.3. The van der Waals surface area contributed by atoms with Gasteiger partial charge in [-0.3, -0.25) is 0 Å². The highest BCUT2D eigenvalue weighted by atomic mass is 19.1. The van der Waals surface area contributed by atoms with Crippen LogP contribution in [0.25, 0.3) is 0 Å². The van der Waals surface area contributed by atoms with Gasteiger partial charge >= 0.3 is 0 Å². The molecule has 2 aromatic rings. The lowest BCUT2D eigenvalue weighted by Crippen LogP contribution is -2.21. The molecule has 0 unspecified atom stereocenters. The van der Waals surface area contributed by atoms with Crippen molar-refractivity contribution in [2.45, 2.75) is 12.6 Å². The molecular weight excluding hydrogens is 257 g/mol. The number of halogens is 1. The molecule has 20 heavy (non-hydrogen) atoms. The molecule has 4 heteroatoms. The van der Waals surface area contributed by atoms with E-state index in [-0.39, 0.29) is 5.82 Å². The molecule has 0 fully saturated rings. The Morgan fingerprint density at radius 3 is 2.55 bits per heavy atom. The number of aliphatic hydroxyl groups excluding tert-OH is 1. The van der Waals surface area contributed by atoms with Crippen molar-refractivity contribution in [2.24, 2.45) is 0 Å². The fourth-order valence-electron chi connectivity index (χ4n) is 2.00. The van der Waals surface area contributed by atoms with Crippen molar-refractivity contribution in [3.05, 3.63) is 65.5 Å². The summed E-state index contributed by atoms with van der Waals surface area (Å²) >= 11 is 0. The van der Waals surface area contributed by atoms with Crippen LogP contribution in [-0.4, -0.2) is 18.8 Å². The first-order valence-electron chi connectivity index (χ1n) is 6.47. The molecule has 0 aromatic heterocycles. The number of benzene rings is 2. The van der Waals surface area contributed by atoms with Gasteiger partial charge in [-0.05, 0) is 23.8 Å². The minimum Gasteiger partial charge on any atom is -0.496 e. The molecule has 106 valence electrons. The molecule has 0 heterocycles. The summed E-state index contributed by atoms with van der Waals surface area (Å²) in [6, 6.07) is 13.6. The second-order valence-electron chi connectivity index (χ2n) is 4.51. The van der Waals surface area contributed by atoms with E-state index in [9.17, 15) is 9.50 Å². The van der Waals surface area contributed by atoms with Crippen LogP contribution in [0.5, 0.6) is 5.75 Å². The molecule has 0 spiro atoms. The number of hydrogen-bond donors (Lipinski definition) is 2. The van der Waals surface area contributed by atoms with Gasteiger partial charge in [0.15, 0.2) is 0 Å². The van der Waals surface area contributed by atoms with Gasteiger partial charge in [-0.25, -0.2) is 4.39 Å². The molecule has 0 saturated carbocycles. The number of ether oxygens (including phenoxy) is 1. The third kappa shape index (κ3) is 3.79. The summed E-state index contributed by atoms with van der Waals surface area (Å²) < 4.78 is 18.1. The van der Waals surface area contributed by atoms with Gasteiger partial charge in [0.1, 0.15) is 11.6 Å². The molecule has 0 aliphatic heterocycles. The molecule has 2 rings (SSSR count). The molecule has 3 nitrogen and oxygen atoms in total. The van der Waals surface area contributed by atoms with Gasteiger partial charge < -0.3 is 15.2 Å². The zero-order chi connectivity index (χ0) is 14.4. The van der Waals surface area contributed by atoms with E-state index in [0.717, 1.165) is 11.3 Å². The van der Waals surface area contributed by atoms with Crippen molar-refractivity contribution < 1.29 is 14.2 Å². The van der Waals surface area contributed by atoms with E-state index in [2.05, 4.69) is 5.32 Å². The maximum atomic E-state index is 12.8. The Hall–Kier alpha value is -1.91. The lowest BCUT2D eigenvalue weighted by atomic mass is 10.1. The number of aliphatic hydroxyl groups is 1. The fraction of sp³-hybridized carbons (Fsp3) is 0.250. The van der Waals surface area contributed by atoms with Crippen LogP contribution in [0.1, 0.15) is 17.2 Å². The van der Waals surface area contributed by atoms with Gasteiger partial charge in [0.25, 0.3) is 0 Å².